The van der Waals surface area contributed by atoms with Crippen molar-refractivity contribution in [2.24, 2.45) is 0 Å². The predicted octanol–water partition coefficient (Wildman–Crippen LogP) is 2.20. The van der Waals surface area contributed by atoms with E-state index in [-0.39, 0.29) is 6.04 Å². The highest BCUT2D eigenvalue weighted by Crippen LogP contribution is 2.21. The SMILES string of the molecule is O=S(=O)(NC1CCC1)c1ccc(CCCNC2CC2)cc1. The van der Waals surface area contributed by atoms with E-state index in [1.165, 1.54) is 18.4 Å². The first-order valence-electron chi connectivity index (χ1n) is 7.98. The van der Waals surface area contributed by atoms with Gasteiger partial charge < -0.3 is 5.32 Å². The number of nitrogens with one attached hydrogen (secondary N) is 2. The van der Waals surface area contributed by atoms with Gasteiger partial charge in [0, 0.05) is 12.1 Å². The molecule has 0 unspecified atom stereocenters. The highest BCUT2D eigenvalue weighted by atomic mass is 32.2. The van der Waals surface area contributed by atoms with Crippen molar-refractivity contribution in [3.8, 4) is 0 Å². The lowest BCUT2D eigenvalue weighted by Crippen LogP contribution is -2.39. The summed E-state index contributed by atoms with van der Waals surface area (Å²) in [5.74, 6) is 0. The van der Waals surface area contributed by atoms with E-state index in [9.17, 15) is 8.42 Å². The number of benzene rings is 1. The van der Waals surface area contributed by atoms with Crippen molar-refractivity contribution < 1.29 is 8.42 Å². The van der Waals surface area contributed by atoms with Crippen molar-refractivity contribution in [1.29, 1.82) is 0 Å². The average molecular weight is 308 g/mol. The van der Waals surface area contributed by atoms with Crippen LogP contribution in [0, 0.1) is 0 Å². The molecule has 0 atom stereocenters. The monoisotopic (exact) mass is 308 g/mol. The molecule has 2 aliphatic rings. The van der Waals surface area contributed by atoms with Crippen LogP contribution in [0.3, 0.4) is 0 Å². The Morgan fingerprint density at radius 2 is 1.71 bits per heavy atom. The summed E-state index contributed by atoms with van der Waals surface area (Å²) in [4.78, 5) is 0.384. The van der Waals surface area contributed by atoms with Crippen molar-refractivity contribution in [2.75, 3.05) is 6.54 Å². The van der Waals surface area contributed by atoms with Crippen molar-refractivity contribution in [3.05, 3.63) is 29.8 Å². The zero-order chi connectivity index (χ0) is 14.7. The van der Waals surface area contributed by atoms with Gasteiger partial charge in [-0.1, -0.05) is 18.6 Å². The summed E-state index contributed by atoms with van der Waals surface area (Å²) < 4.78 is 27.1. The summed E-state index contributed by atoms with van der Waals surface area (Å²) in [6.45, 7) is 1.05. The Balaban J connectivity index is 1.50. The molecule has 21 heavy (non-hydrogen) atoms. The maximum Gasteiger partial charge on any atom is 0.240 e. The zero-order valence-corrected chi connectivity index (χ0v) is 13.2. The van der Waals surface area contributed by atoms with Gasteiger partial charge in [0.1, 0.15) is 0 Å². The summed E-state index contributed by atoms with van der Waals surface area (Å²) in [6, 6.07) is 8.23. The molecule has 0 bridgehead atoms. The van der Waals surface area contributed by atoms with Gasteiger partial charge in [0.25, 0.3) is 0 Å². The van der Waals surface area contributed by atoms with Crippen molar-refractivity contribution in [1.82, 2.24) is 10.0 Å². The van der Waals surface area contributed by atoms with Crippen LogP contribution in [-0.4, -0.2) is 27.0 Å². The van der Waals surface area contributed by atoms with E-state index in [0.717, 1.165) is 44.7 Å². The van der Waals surface area contributed by atoms with Gasteiger partial charge in [-0.3, -0.25) is 0 Å². The van der Waals surface area contributed by atoms with Gasteiger partial charge in [-0.05, 0) is 62.8 Å². The fraction of sp³-hybridized carbons (Fsp3) is 0.625. The number of hydrogen-bond acceptors (Lipinski definition) is 3. The van der Waals surface area contributed by atoms with Crippen molar-refractivity contribution >= 4 is 10.0 Å². The quantitative estimate of drug-likeness (QED) is 0.724. The first kappa shape index (κ1) is 15.0. The largest absolute Gasteiger partial charge is 0.314 e. The highest BCUT2D eigenvalue weighted by molar-refractivity contribution is 7.89. The molecule has 0 saturated heterocycles. The lowest BCUT2D eigenvalue weighted by molar-refractivity contribution is 0.383. The zero-order valence-electron chi connectivity index (χ0n) is 12.3. The van der Waals surface area contributed by atoms with Crippen LogP contribution >= 0.6 is 0 Å². The Morgan fingerprint density at radius 1 is 1.00 bits per heavy atom. The van der Waals surface area contributed by atoms with Crippen LogP contribution in [0.5, 0.6) is 0 Å². The summed E-state index contributed by atoms with van der Waals surface area (Å²) in [6.07, 6.45) is 7.79. The van der Waals surface area contributed by atoms with Gasteiger partial charge in [-0.15, -0.1) is 0 Å². The Labute approximate surface area is 127 Å². The highest BCUT2D eigenvalue weighted by Gasteiger charge is 2.24. The number of rotatable bonds is 8. The predicted molar refractivity (Wildman–Crippen MR) is 83.7 cm³/mol. The lowest BCUT2D eigenvalue weighted by Gasteiger charge is -2.26. The maximum atomic E-state index is 12.2. The van der Waals surface area contributed by atoms with Crippen LogP contribution in [-0.2, 0) is 16.4 Å². The van der Waals surface area contributed by atoms with Crippen LogP contribution in [0.4, 0.5) is 0 Å². The molecule has 0 aliphatic heterocycles. The second-order valence-corrected chi connectivity index (χ2v) is 7.94. The first-order chi connectivity index (χ1) is 10.1. The Bertz CT molecular complexity index is 560. The normalized spacial score (nSPS) is 19.4. The lowest BCUT2D eigenvalue weighted by atomic mass is 9.94. The Morgan fingerprint density at radius 3 is 2.29 bits per heavy atom. The minimum atomic E-state index is -3.33. The molecule has 0 aromatic heterocycles. The minimum absolute atomic E-state index is 0.142. The van der Waals surface area contributed by atoms with Crippen LogP contribution in [0.2, 0.25) is 0 Å². The number of sulfonamides is 1. The second kappa shape index (κ2) is 6.46. The van der Waals surface area contributed by atoms with Gasteiger partial charge in [-0.2, -0.15) is 0 Å². The topological polar surface area (TPSA) is 58.2 Å². The molecule has 0 amide bonds. The fourth-order valence-electron chi connectivity index (χ4n) is 2.53. The molecular weight excluding hydrogens is 284 g/mol. The van der Waals surface area contributed by atoms with Gasteiger partial charge in [0.05, 0.1) is 4.90 Å². The van der Waals surface area contributed by atoms with Crippen LogP contribution in [0.15, 0.2) is 29.2 Å². The molecule has 1 aromatic rings. The summed E-state index contributed by atoms with van der Waals surface area (Å²) in [7, 11) is -3.33. The van der Waals surface area contributed by atoms with Crippen LogP contribution in [0.25, 0.3) is 0 Å². The van der Waals surface area contributed by atoms with Crippen molar-refractivity contribution in [3.63, 3.8) is 0 Å². The Kier molecular flexibility index (Phi) is 4.62. The fourth-order valence-corrected chi connectivity index (χ4v) is 3.84. The van der Waals surface area contributed by atoms with Crippen molar-refractivity contribution in [2.45, 2.75) is 61.9 Å². The molecule has 1 aromatic carbocycles. The molecule has 0 radical (unpaired) electrons. The number of aryl methyl sites for hydroxylation is 1. The standard InChI is InChI=1S/C16H24N2O2S/c19-21(20,18-15-4-1-5-15)16-10-6-13(7-11-16)3-2-12-17-14-8-9-14/h6-7,10-11,14-15,17-18H,1-5,8-9,12H2. The molecule has 116 valence electrons. The van der Waals surface area contributed by atoms with E-state index in [0.29, 0.717) is 4.90 Å². The molecule has 5 heteroatoms. The maximum absolute atomic E-state index is 12.2. The van der Waals surface area contributed by atoms with E-state index in [1.54, 1.807) is 12.1 Å². The molecule has 2 saturated carbocycles. The summed E-state index contributed by atoms with van der Waals surface area (Å²) in [5, 5.41) is 3.49. The van der Waals surface area contributed by atoms with E-state index >= 15 is 0 Å². The smallest absolute Gasteiger partial charge is 0.240 e. The molecule has 4 nitrogen and oxygen atoms in total. The molecule has 0 spiro atoms. The van der Waals surface area contributed by atoms with E-state index in [4.69, 9.17) is 0 Å². The van der Waals surface area contributed by atoms with E-state index in [1.807, 2.05) is 12.1 Å². The third-order valence-electron chi connectivity index (χ3n) is 4.31. The molecule has 0 heterocycles. The van der Waals surface area contributed by atoms with Gasteiger partial charge in [0.15, 0.2) is 0 Å². The van der Waals surface area contributed by atoms with Gasteiger partial charge in [-0.25, -0.2) is 13.1 Å². The third-order valence-corrected chi connectivity index (χ3v) is 5.85. The average Bonchev–Trinajstić information content (AvgIpc) is 3.24. The third kappa shape index (κ3) is 4.28. The second-order valence-electron chi connectivity index (χ2n) is 6.23. The molecule has 2 fully saturated rings. The molecule has 3 rings (SSSR count). The van der Waals surface area contributed by atoms with Gasteiger partial charge in [0.2, 0.25) is 10.0 Å². The van der Waals surface area contributed by atoms with Gasteiger partial charge >= 0.3 is 0 Å². The van der Waals surface area contributed by atoms with E-state index in [2.05, 4.69) is 10.0 Å². The van der Waals surface area contributed by atoms with Crippen LogP contribution in [0.1, 0.15) is 44.1 Å². The Hall–Kier alpha value is -0.910. The summed E-state index contributed by atoms with van der Waals surface area (Å²) in [5.41, 5.74) is 1.20. The number of hydrogen-bond donors (Lipinski definition) is 2. The first-order valence-corrected chi connectivity index (χ1v) is 9.46. The molecule has 2 aliphatic carbocycles. The summed E-state index contributed by atoms with van der Waals surface area (Å²) >= 11 is 0. The molecule has 2 N–H and O–H groups in total. The minimum Gasteiger partial charge on any atom is -0.314 e. The van der Waals surface area contributed by atoms with Crippen LogP contribution < -0.4 is 10.0 Å². The molecular formula is C16H24N2O2S. The van der Waals surface area contributed by atoms with E-state index < -0.39 is 10.0 Å².